The van der Waals surface area contributed by atoms with Gasteiger partial charge in [-0.15, -0.1) is 11.3 Å². The number of nitrogens with zero attached hydrogens (tertiary/aromatic N) is 1. The van der Waals surface area contributed by atoms with E-state index in [1.165, 1.54) is 11.3 Å². The quantitative estimate of drug-likeness (QED) is 0.526. The Morgan fingerprint density at radius 2 is 2.00 bits per heavy atom. The summed E-state index contributed by atoms with van der Waals surface area (Å²) >= 11 is 1.39. The second kappa shape index (κ2) is 7.32. The first-order chi connectivity index (χ1) is 13.5. The highest BCUT2D eigenvalue weighted by Gasteiger charge is 2.13. The molecule has 8 heteroatoms. The van der Waals surface area contributed by atoms with Gasteiger partial charge in [0.2, 0.25) is 0 Å². The molecule has 0 spiro atoms. The number of thiazole rings is 1. The monoisotopic (exact) mass is 395 g/mol. The molecule has 4 rings (SSSR count). The zero-order chi connectivity index (χ0) is 19.7. The molecule has 2 aromatic heterocycles. The summed E-state index contributed by atoms with van der Waals surface area (Å²) in [6, 6.07) is 12.5. The Hall–Kier alpha value is -3.39. The van der Waals surface area contributed by atoms with Crippen LogP contribution in [0.15, 0.2) is 57.1 Å². The highest BCUT2D eigenvalue weighted by atomic mass is 32.1. The molecule has 0 saturated carbocycles. The average molecular weight is 395 g/mol. The molecule has 0 aliphatic rings. The molecule has 28 heavy (non-hydrogen) atoms. The SMILES string of the molecule is CC(C)Oc1ccc(-c2nc(C(=O)Nc3ccc4oc(=O)[nH]c4c3)cs2)cc1. The van der Waals surface area contributed by atoms with Crippen molar-refractivity contribution in [3.8, 4) is 16.3 Å². The van der Waals surface area contributed by atoms with Gasteiger partial charge in [-0.2, -0.15) is 0 Å². The van der Waals surface area contributed by atoms with Crippen molar-refractivity contribution in [3.05, 3.63) is 64.1 Å². The van der Waals surface area contributed by atoms with Crippen molar-refractivity contribution in [3.63, 3.8) is 0 Å². The molecule has 2 heterocycles. The van der Waals surface area contributed by atoms with E-state index in [-0.39, 0.29) is 12.0 Å². The minimum atomic E-state index is -0.535. The molecule has 0 saturated heterocycles. The van der Waals surface area contributed by atoms with Crippen molar-refractivity contribution < 1.29 is 13.9 Å². The molecule has 0 radical (unpaired) electrons. The highest BCUT2D eigenvalue weighted by molar-refractivity contribution is 7.13. The van der Waals surface area contributed by atoms with Gasteiger partial charge in [0.05, 0.1) is 11.6 Å². The van der Waals surface area contributed by atoms with Crippen molar-refractivity contribution in [2.75, 3.05) is 5.32 Å². The average Bonchev–Trinajstić information content (AvgIpc) is 3.27. The normalized spacial score (nSPS) is 11.1. The predicted molar refractivity (Wildman–Crippen MR) is 108 cm³/mol. The number of amides is 1. The number of benzene rings is 2. The number of nitrogens with one attached hydrogen (secondary N) is 2. The van der Waals surface area contributed by atoms with Gasteiger partial charge in [-0.3, -0.25) is 9.78 Å². The van der Waals surface area contributed by atoms with E-state index in [1.807, 2.05) is 38.1 Å². The number of oxazole rings is 1. The van der Waals surface area contributed by atoms with E-state index in [4.69, 9.17) is 9.15 Å². The standard InChI is InChI=1S/C20H17N3O4S/c1-11(2)26-14-6-3-12(4-7-14)19-22-16(10-28-19)18(24)21-13-5-8-17-15(9-13)23-20(25)27-17/h3-11H,1-2H3,(H,21,24)(H,23,25). The van der Waals surface area contributed by atoms with E-state index in [0.717, 1.165) is 16.3 Å². The van der Waals surface area contributed by atoms with Crippen LogP contribution in [-0.4, -0.2) is 22.0 Å². The Labute approximate surface area is 164 Å². The Bertz CT molecular complexity index is 1190. The van der Waals surface area contributed by atoms with Gasteiger partial charge in [0.25, 0.3) is 5.91 Å². The largest absolute Gasteiger partial charge is 0.491 e. The minimum Gasteiger partial charge on any atom is -0.491 e. The number of ether oxygens (including phenoxy) is 1. The molecule has 0 unspecified atom stereocenters. The third-order valence-corrected chi connectivity index (χ3v) is 4.78. The maximum atomic E-state index is 12.5. The van der Waals surface area contributed by atoms with Crippen molar-refractivity contribution in [2.24, 2.45) is 0 Å². The number of anilines is 1. The molecule has 0 aliphatic carbocycles. The first kappa shape index (κ1) is 18.0. The summed E-state index contributed by atoms with van der Waals surface area (Å²) < 4.78 is 10.6. The number of hydrogen-bond donors (Lipinski definition) is 2. The lowest BCUT2D eigenvalue weighted by molar-refractivity contribution is 0.102. The summed E-state index contributed by atoms with van der Waals surface area (Å²) in [6.45, 7) is 3.95. The summed E-state index contributed by atoms with van der Waals surface area (Å²) in [4.78, 5) is 30.7. The number of fused-ring (bicyclic) bond motifs is 1. The van der Waals surface area contributed by atoms with Gasteiger partial charge in [0, 0.05) is 16.6 Å². The van der Waals surface area contributed by atoms with E-state index in [1.54, 1.807) is 23.6 Å². The number of H-pyrrole nitrogens is 1. The summed E-state index contributed by atoms with van der Waals surface area (Å²) in [5, 5.41) is 5.23. The highest BCUT2D eigenvalue weighted by Crippen LogP contribution is 2.26. The molecular weight excluding hydrogens is 378 g/mol. The maximum Gasteiger partial charge on any atom is 0.417 e. The van der Waals surface area contributed by atoms with Crippen molar-refractivity contribution in [1.29, 1.82) is 0 Å². The van der Waals surface area contributed by atoms with Crippen LogP contribution in [0.5, 0.6) is 5.75 Å². The Kier molecular flexibility index (Phi) is 4.70. The van der Waals surface area contributed by atoms with Crippen LogP contribution in [0.1, 0.15) is 24.3 Å². The van der Waals surface area contributed by atoms with Crippen molar-refractivity contribution in [1.82, 2.24) is 9.97 Å². The van der Waals surface area contributed by atoms with Crippen LogP contribution < -0.4 is 15.8 Å². The van der Waals surface area contributed by atoms with Crippen molar-refractivity contribution in [2.45, 2.75) is 20.0 Å². The summed E-state index contributed by atoms with van der Waals surface area (Å²) in [7, 11) is 0. The Morgan fingerprint density at radius 1 is 1.21 bits per heavy atom. The Morgan fingerprint density at radius 3 is 2.75 bits per heavy atom. The smallest absolute Gasteiger partial charge is 0.417 e. The molecule has 0 bridgehead atoms. The van der Waals surface area contributed by atoms with Gasteiger partial charge in [-0.1, -0.05) is 0 Å². The fraction of sp³-hybridized carbons (Fsp3) is 0.150. The number of carbonyl (C=O) groups excluding carboxylic acids is 1. The van der Waals surface area contributed by atoms with Gasteiger partial charge in [-0.25, -0.2) is 9.78 Å². The topological polar surface area (TPSA) is 97.2 Å². The zero-order valence-electron chi connectivity index (χ0n) is 15.2. The lowest BCUT2D eigenvalue weighted by Gasteiger charge is -2.09. The maximum absolute atomic E-state index is 12.5. The first-order valence-corrected chi connectivity index (χ1v) is 9.53. The third kappa shape index (κ3) is 3.81. The van der Waals surface area contributed by atoms with Crippen LogP contribution in [0.3, 0.4) is 0 Å². The molecule has 7 nitrogen and oxygen atoms in total. The van der Waals surface area contributed by atoms with Crippen molar-refractivity contribution >= 4 is 34.0 Å². The van der Waals surface area contributed by atoms with Gasteiger partial charge in [0.1, 0.15) is 16.5 Å². The molecule has 1 amide bonds. The summed E-state index contributed by atoms with van der Waals surface area (Å²) in [6.07, 6.45) is 0.111. The molecule has 2 aromatic carbocycles. The molecule has 0 fully saturated rings. The van der Waals surface area contributed by atoms with E-state index < -0.39 is 5.76 Å². The fourth-order valence-electron chi connectivity index (χ4n) is 2.68. The zero-order valence-corrected chi connectivity index (χ0v) is 16.0. The predicted octanol–water partition coefficient (Wildman–Crippen LogP) is 4.28. The number of aromatic amines is 1. The van der Waals surface area contributed by atoms with Gasteiger partial charge >= 0.3 is 5.76 Å². The molecule has 142 valence electrons. The summed E-state index contributed by atoms with van der Waals surface area (Å²) in [5.41, 5.74) is 2.73. The third-order valence-electron chi connectivity index (χ3n) is 3.89. The molecule has 0 atom stereocenters. The van der Waals surface area contributed by atoms with E-state index in [2.05, 4.69) is 15.3 Å². The minimum absolute atomic E-state index is 0.111. The van der Waals surface area contributed by atoms with Crippen LogP contribution in [0.4, 0.5) is 5.69 Å². The second-order valence-corrected chi connectivity index (χ2v) is 7.27. The molecule has 4 aromatic rings. The lowest BCUT2D eigenvalue weighted by atomic mass is 10.2. The molecular formula is C20H17N3O4S. The van der Waals surface area contributed by atoms with Crippen LogP contribution in [0, 0.1) is 0 Å². The summed E-state index contributed by atoms with van der Waals surface area (Å²) in [5.74, 6) is -0.0687. The van der Waals surface area contributed by atoms with Crippen LogP contribution >= 0.6 is 11.3 Å². The molecule has 2 N–H and O–H groups in total. The first-order valence-electron chi connectivity index (χ1n) is 8.65. The lowest BCUT2D eigenvalue weighted by Crippen LogP contribution is -2.12. The second-order valence-electron chi connectivity index (χ2n) is 6.41. The number of aromatic nitrogens is 2. The Balaban J connectivity index is 1.49. The fourth-order valence-corrected chi connectivity index (χ4v) is 3.49. The van der Waals surface area contributed by atoms with Crippen LogP contribution in [0.25, 0.3) is 21.7 Å². The van der Waals surface area contributed by atoms with E-state index in [9.17, 15) is 9.59 Å². The van der Waals surface area contributed by atoms with Gasteiger partial charge in [0.15, 0.2) is 5.58 Å². The van der Waals surface area contributed by atoms with Crippen LogP contribution in [-0.2, 0) is 0 Å². The molecule has 0 aliphatic heterocycles. The van der Waals surface area contributed by atoms with E-state index in [0.29, 0.717) is 22.5 Å². The van der Waals surface area contributed by atoms with Gasteiger partial charge < -0.3 is 14.5 Å². The van der Waals surface area contributed by atoms with E-state index >= 15 is 0 Å². The van der Waals surface area contributed by atoms with Crippen LogP contribution in [0.2, 0.25) is 0 Å². The van der Waals surface area contributed by atoms with Gasteiger partial charge in [-0.05, 0) is 56.3 Å². The number of carbonyl (C=O) groups is 1. The number of hydrogen-bond acceptors (Lipinski definition) is 6. The number of rotatable bonds is 5.